The summed E-state index contributed by atoms with van der Waals surface area (Å²) >= 11 is 0. The number of methoxy groups -OCH3 is 1. The zero-order chi connectivity index (χ0) is 15.9. The average Bonchev–Trinajstić information content (AvgIpc) is 2.81. The molecule has 1 rings (SSSR count). The number of aliphatic imine (C=N–C) groups is 1. The van der Waals surface area contributed by atoms with Crippen LogP contribution in [0, 0.1) is 5.92 Å². The summed E-state index contributed by atoms with van der Waals surface area (Å²) in [5, 5.41) is 6.18. The van der Waals surface area contributed by atoms with Gasteiger partial charge in [0.05, 0.1) is 6.61 Å². The van der Waals surface area contributed by atoms with Crippen LogP contribution in [0.5, 0.6) is 0 Å². The number of hydrogen-bond acceptors (Lipinski definition) is 3. The van der Waals surface area contributed by atoms with Crippen molar-refractivity contribution in [3.05, 3.63) is 0 Å². The van der Waals surface area contributed by atoms with Crippen molar-refractivity contribution >= 4 is 11.9 Å². The van der Waals surface area contributed by atoms with E-state index in [1.165, 1.54) is 0 Å². The molecular formula is C15H30N4O2. The van der Waals surface area contributed by atoms with Crippen molar-refractivity contribution in [1.82, 2.24) is 15.5 Å². The molecule has 1 aliphatic rings. The normalized spacial score (nSPS) is 19.8. The molecule has 1 aliphatic heterocycles. The average molecular weight is 298 g/mol. The van der Waals surface area contributed by atoms with E-state index in [2.05, 4.69) is 20.5 Å². The Hall–Kier alpha value is -1.30. The molecule has 1 atom stereocenters. The van der Waals surface area contributed by atoms with Crippen LogP contribution in [0.3, 0.4) is 0 Å². The molecule has 0 radical (unpaired) electrons. The van der Waals surface area contributed by atoms with Gasteiger partial charge >= 0.3 is 0 Å². The molecule has 6 nitrogen and oxygen atoms in total. The largest absolute Gasteiger partial charge is 0.384 e. The van der Waals surface area contributed by atoms with Crippen LogP contribution in [0.15, 0.2) is 4.99 Å². The monoisotopic (exact) mass is 298 g/mol. The van der Waals surface area contributed by atoms with Gasteiger partial charge in [0.15, 0.2) is 5.96 Å². The highest BCUT2D eigenvalue weighted by atomic mass is 16.5. The van der Waals surface area contributed by atoms with E-state index < -0.39 is 0 Å². The maximum absolute atomic E-state index is 11.9. The summed E-state index contributed by atoms with van der Waals surface area (Å²) in [5.74, 6) is 1.31. The van der Waals surface area contributed by atoms with E-state index >= 15 is 0 Å². The van der Waals surface area contributed by atoms with Gasteiger partial charge in [0.25, 0.3) is 0 Å². The molecule has 1 fully saturated rings. The molecule has 1 heterocycles. The Morgan fingerprint density at radius 3 is 2.71 bits per heavy atom. The number of amides is 1. The van der Waals surface area contributed by atoms with Crippen molar-refractivity contribution < 1.29 is 9.53 Å². The minimum atomic E-state index is -0.220. The molecule has 1 saturated heterocycles. The minimum absolute atomic E-state index is 0.0504. The third-order valence-corrected chi connectivity index (χ3v) is 3.21. The van der Waals surface area contributed by atoms with E-state index in [0.29, 0.717) is 5.92 Å². The first-order valence-electron chi connectivity index (χ1n) is 7.69. The molecule has 0 aromatic heterocycles. The Morgan fingerprint density at radius 1 is 1.43 bits per heavy atom. The van der Waals surface area contributed by atoms with Gasteiger partial charge in [-0.25, -0.2) is 4.99 Å². The number of nitrogens with zero attached hydrogens (tertiary/aromatic N) is 2. The molecule has 122 valence electrons. The Morgan fingerprint density at radius 2 is 2.14 bits per heavy atom. The maximum atomic E-state index is 11.9. The molecule has 0 bridgehead atoms. The molecule has 0 aromatic carbocycles. The number of hydrogen-bond donors (Lipinski definition) is 2. The summed E-state index contributed by atoms with van der Waals surface area (Å²) < 4.78 is 5.22. The lowest BCUT2D eigenvalue weighted by molar-refractivity contribution is -0.121. The SMILES string of the molecule is CCNC(=NCC(=O)NC(C)(C)C)N1CCC(COC)C1. The topological polar surface area (TPSA) is 66.0 Å². The molecule has 0 spiro atoms. The lowest BCUT2D eigenvalue weighted by atomic mass is 10.1. The van der Waals surface area contributed by atoms with Gasteiger partial charge in [-0.2, -0.15) is 0 Å². The lowest BCUT2D eigenvalue weighted by Gasteiger charge is -2.23. The second kappa shape index (κ2) is 8.22. The summed E-state index contributed by atoms with van der Waals surface area (Å²) in [4.78, 5) is 18.5. The number of rotatable bonds is 5. The third-order valence-electron chi connectivity index (χ3n) is 3.21. The molecule has 0 saturated carbocycles. The fourth-order valence-corrected chi connectivity index (χ4v) is 2.43. The molecule has 6 heteroatoms. The fraction of sp³-hybridized carbons (Fsp3) is 0.867. The second-order valence-electron chi connectivity index (χ2n) is 6.52. The van der Waals surface area contributed by atoms with Gasteiger partial charge in [-0.15, -0.1) is 0 Å². The number of nitrogens with one attached hydrogen (secondary N) is 2. The van der Waals surface area contributed by atoms with Crippen molar-refractivity contribution in [3.8, 4) is 0 Å². The molecule has 0 aromatic rings. The molecule has 21 heavy (non-hydrogen) atoms. The fourth-order valence-electron chi connectivity index (χ4n) is 2.43. The van der Waals surface area contributed by atoms with E-state index in [9.17, 15) is 4.79 Å². The zero-order valence-corrected chi connectivity index (χ0v) is 14.0. The van der Waals surface area contributed by atoms with Crippen LogP contribution in [0.2, 0.25) is 0 Å². The van der Waals surface area contributed by atoms with Crippen molar-refractivity contribution in [2.24, 2.45) is 10.9 Å². The predicted molar refractivity (Wildman–Crippen MR) is 85.4 cm³/mol. The summed E-state index contributed by atoms with van der Waals surface area (Å²) in [6.07, 6.45) is 1.10. The van der Waals surface area contributed by atoms with Crippen LogP contribution in [-0.2, 0) is 9.53 Å². The van der Waals surface area contributed by atoms with Crippen LogP contribution in [0.1, 0.15) is 34.1 Å². The standard InChI is InChI=1S/C15H30N4O2/c1-6-16-14(17-9-13(20)18-15(2,3)4)19-8-7-12(10-19)11-21-5/h12H,6-11H2,1-5H3,(H,16,17)(H,18,20). The van der Waals surface area contributed by atoms with E-state index in [0.717, 1.165) is 38.6 Å². The number of likely N-dealkylation sites (tertiary alicyclic amines) is 1. The van der Waals surface area contributed by atoms with Gasteiger partial charge in [0, 0.05) is 38.2 Å². The third kappa shape index (κ3) is 6.80. The van der Waals surface area contributed by atoms with Crippen LogP contribution < -0.4 is 10.6 Å². The zero-order valence-electron chi connectivity index (χ0n) is 14.0. The number of carbonyl (C=O) groups excluding carboxylic acids is 1. The van der Waals surface area contributed by atoms with Crippen molar-refractivity contribution in [1.29, 1.82) is 0 Å². The quantitative estimate of drug-likeness (QED) is 0.583. The highest BCUT2D eigenvalue weighted by Gasteiger charge is 2.25. The van der Waals surface area contributed by atoms with Crippen LogP contribution in [-0.4, -0.2) is 62.2 Å². The maximum Gasteiger partial charge on any atom is 0.242 e. The Bertz CT molecular complexity index is 363. The van der Waals surface area contributed by atoms with Gasteiger partial charge in [0.1, 0.15) is 6.54 Å². The van der Waals surface area contributed by atoms with E-state index in [4.69, 9.17) is 4.74 Å². The molecule has 2 N–H and O–H groups in total. The number of guanidine groups is 1. The van der Waals surface area contributed by atoms with Gasteiger partial charge in [-0.3, -0.25) is 4.79 Å². The summed E-state index contributed by atoms with van der Waals surface area (Å²) in [6.45, 7) is 11.6. The first-order chi connectivity index (χ1) is 9.85. The first kappa shape index (κ1) is 17.8. The van der Waals surface area contributed by atoms with Gasteiger partial charge in [0.2, 0.25) is 5.91 Å². The van der Waals surface area contributed by atoms with Crippen molar-refractivity contribution in [3.63, 3.8) is 0 Å². The summed E-state index contributed by atoms with van der Waals surface area (Å²) in [5.41, 5.74) is -0.220. The lowest BCUT2D eigenvalue weighted by Crippen LogP contribution is -2.44. The first-order valence-corrected chi connectivity index (χ1v) is 7.69. The minimum Gasteiger partial charge on any atom is -0.384 e. The Labute approximate surface area is 128 Å². The van der Waals surface area contributed by atoms with Gasteiger partial charge in [-0.05, 0) is 34.1 Å². The summed E-state index contributed by atoms with van der Waals surface area (Å²) in [7, 11) is 1.73. The molecule has 1 amide bonds. The Kier molecular flexibility index (Phi) is 6.95. The van der Waals surface area contributed by atoms with Crippen molar-refractivity contribution in [2.75, 3.05) is 39.9 Å². The summed E-state index contributed by atoms with van der Waals surface area (Å²) in [6, 6.07) is 0. The van der Waals surface area contributed by atoms with E-state index in [1.807, 2.05) is 27.7 Å². The van der Waals surface area contributed by atoms with Crippen molar-refractivity contribution in [2.45, 2.75) is 39.7 Å². The highest BCUT2D eigenvalue weighted by molar-refractivity contribution is 5.85. The molecular weight excluding hydrogens is 268 g/mol. The van der Waals surface area contributed by atoms with Crippen LogP contribution >= 0.6 is 0 Å². The van der Waals surface area contributed by atoms with Gasteiger partial charge < -0.3 is 20.3 Å². The predicted octanol–water partition coefficient (Wildman–Crippen LogP) is 0.835. The van der Waals surface area contributed by atoms with E-state index in [1.54, 1.807) is 7.11 Å². The van der Waals surface area contributed by atoms with Crippen LogP contribution in [0.4, 0.5) is 0 Å². The Balaban J connectivity index is 2.56. The van der Waals surface area contributed by atoms with Gasteiger partial charge in [-0.1, -0.05) is 0 Å². The van der Waals surface area contributed by atoms with Crippen LogP contribution in [0.25, 0.3) is 0 Å². The number of ether oxygens (including phenoxy) is 1. The van der Waals surface area contributed by atoms with E-state index in [-0.39, 0.29) is 18.0 Å². The smallest absolute Gasteiger partial charge is 0.242 e. The second-order valence-corrected chi connectivity index (χ2v) is 6.52. The number of carbonyl (C=O) groups is 1. The molecule has 0 aliphatic carbocycles. The molecule has 1 unspecified atom stereocenters. The highest BCUT2D eigenvalue weighted by Crippen LogP contribution is 2.16.